The monoisotopic (exact) mass is 540 g/mol. The van der Waals surface area contributed by atoms with Crippen LogP contribution in [0.2, 0.25) is 0 Å². The summed E-state index contributed by atoms with van der Waals surface area (Å²) >= 11 is 5.51. The zero-order valence-corrected chi connectivity index (χ0v) is 20.1. The molecule has 192 valence electrons. The summed E-state index contributed by atoms with van der Waals surface area (Å²) in [6.45, 7) is 0. The summed E-state index contributed by atoms with van der Waals surface area (Å²) in [7, 11) is 0. The van der Waals surface area contributed by atoms with Gasteiger partial charge >= 0.3 is 6.18 Å². The highest BCUT2D eigenvalue weighted by Crippen LogP contribution is 2.49. The minimum Gasteiger partial charge on any atom is -0.322 e. The number of nitriles is 1. The third kappa shape index (κ3) is 3.93. The molecule has 1 spiro atoms. The molecular formula is C25H16F4N6O2S. The quantitative estimate of drug-likeness (QED) is 0.374. The lowest BCUT2D eigenvalue weighted by molar-refractivity contribution is -0.138. The number of thiocarbonyl (C=S) groups is 1. The number of amides is 2. The highest BCUT2D eigenvalue weighted by Gasteiger charge is 2.60. The van der Waals surface area contributed by atoms with Crippen LogP contribution in [0.25, 0.3) is 0 Å². The van der Waals surface area contributed by atoms with Crippen LogP contribution >= 0.6 is 12.2 Å². The number of halogens is 4. The van der Waals surface area contributed by atoms with E-state index in [1.807, 2.05) is 0 Å². The van der Waals surface area contributed by atoms with Crippen molar-refractivity contribution >= 4 is 46.2 Å². The van der Waals surface area contributed by atoms with Crippen molar-refractivity contribution in [3.8, 4) is 6.07 Å². The van der Waals surface area contributed by atoms with Crippen LogP contribution in [-0.4, -0.2) is 32.4 Å². The van der Waals surface area contributed by atoms with Crippen LogP contribution < -0.4 is 15.1 Å². The third-order valence-corrected chi connectivity index (χ3v) is 6.90. The van der Waals surface area contributed by atoms with Crippen LogP contribution in [0.5, 0.6) is 0 Å². The molecule has 1 saturated carbocycles. The number of carbonyl (C=O) groups excluding carboxylic acids is 2. The maximum Gasteiger partial charge on any atom is 0.419 e. The Morgan fingerprint density at radius 2 is 1.89 bits per heavy atom. The summed E-state index contributed by atoms with van der Waals surface area (Å²) < 4.78 is 56.5. The molecule has 1 N–H and O–H groups in total. The highest BCUT2D eigenvalue weighted by atomic mass is 32.1. The number of pyridine rings is 2. The lowest BCUT2D eigenvalue weighted by Crippen LogP contribution is -2.55. The van der Waals surface area contributed by atoms with Gasteiger partial charge in [-0.3, -0.25) is 19.5 Å². The van der Waals surface area contributed by atoms with Gasteiger partial charge in [-0.25, -0.2) is 9.37 Å². The third-order valence-electron chi connectivity index (χ3n) is 6.54. The first-order valence-corrected chi connectivity index (χ1v) is 11.7. The van der Waals surface area contributed by atoms with Gasteiger partial charge < -0.3 is 10.2 Å². The minimum atomic E-state index is -4.91. The van der Waals surface area contributed by atoms with Gasteiger partial charge in [0.15, 0.2) is 16.6 Å². The summed E-state index contributed by atoms with van der Waals surface area (Å²) in [5.74, 6) is -2.34. The maximum absolute atomic E-state index is 15.8. The van der Waals surface area contributed by atoms with Crippen molar-refractivity contribution in [2.75, 3.05) is 15.1 Å². The van der Waals surface area contributed by atoms with E-state index in [2.05, 4.69) is 15.3 Å². The summed E-state index contributed by atoms with van der Waals surface area (Å²) in [6, 6.07) is 9.10. The molecule has 2 fully saturated rings. The molecule has 3 heterocycles. The normalized spacial score (nSPS) is 16.4. The molecular weight excluding hydrogens is 524 g/mol. The minimum absolute atomic E-state index is 0.162. The number of aromatic nitrogens is 2. The van der Waals surface area contributed by atoms with E-state index in [-0.39, 0.29) is 34.9 Å². The molecule has 2 aromatic heterocycles. The Hall–Kier alpha value is -4.44. The van der Waals surface area contributed by atoms with Crippen molar-refractivity contribution < 1.29 is 27.2 Å². The van der Waals surface area contributed by atoms with Crippen molar-refractivity contribution in [3.63, 3.8) is 0 Å². The van der Waals surface area contributed by atoms with Gasteiger partial charge in [0.25, 0.3) is 11.8 Å². The van der Waals surface area contributed by atoms with E-state index in [0.717, 1.165) is 11.1 Å². The first kappa shape index (κ1) is 25.2. The first-order valence-electron chi connectivity index (χ1n) is 11.2. The Labute approximate surface area is 218 Å². The van der Waals surface area contributed by atoms with Gasteiger partial charge in [0.1, 0.15) is 11.6 Å². The average Bonchev–Trinajstić information content (AvgIpc) is 3.10. The number of hydrogen-bond donors (Lipinski definition) is 1. The van der Waals surface area contributed by atoms with Crippen LogP contribution in [0.4, 0.5) is 34.6 Å². The van der Waals surface area contributed by atoms with Crippen LogP contribution in [-0.2, 0) is 11.0 Å². The molecule has 1 aliphatic carbocycles. The second kappa shape index (κ2) is 9.14. The van der Waals surface area contributed by atoms with Crippen molar-refractivity contribution in [1.29, 1.82) is 5.26 Å². The molecule has 0 bridgehead atoms. The fourth-order valence-electron chi connectivity index (χ4n) is 4.57. The van der Waals surface area contributed by atoms with E-state index >= 15 is 4.39 Å². The molecule has 0 unspecified atom stereocenters. The molecule has 5 rings (SSSR count). The van der Waals surface area contributed by atoms with Crippen LogP contribution in [0.3, 0.4) is 0 Å². The zero-order chi connectivity index (χ0) is 27.2. The Kier molecular flexibility index (Phi) is 6.07. The standard InChI is InChI=1S/C25H16F4N6O2S/c26-20-16(21(36)33-14-5-9-31-10-6-14)3-1-4-19(20)35-23(38)34(22(37)24(35)7-2-8-24)15-11-17(25(27,28)29)18(12-30)32-13-15/h1,3-6,9-11,13H,2,7-8H2,(H,31,33,36). The second-order valence-electron chi connectivity index (χ2n) is 8.67. The summed E-state index contributed by atoms with van der Waals surface area (Å²) in [5, 5.41) is 11.4. The molecule has 0 radical (unpaired) electrons. The fourth-order valence-corrected chi connectivity index (χ4v) is 5.03. The number of carbonyl (C=O) groups is 2. The van der Waals surface area contributed by atoms with E-state index in [1.54, 1.807) is 0 Å². The van der Waals surface area contributed by atoms with E-state index in [0.29, 0.717) is 18.2 Å². The predicted octanol–water partition coefficient (Wildman–Crippen LogP) is 4.82. The van der Waals surface area contributed by atoms with Gasteiger partial charge in [0, 0.05) is 18.1 Å². The Bertz CT molecular complexity index is 1520. The van der Waals surface area contributed by atoms with Crippen molar-refractivity contribution in [3.05, 3.63) is 77.6 Å². The summed E-state index contributed by atoms with van der Waals surface area (Å²) in [6.07, 6.45) is 0.0810. The predicted molar refractivity (Wildman–Crippen MR) is 132 cm³/mol. The van der Waals surface area contributed by atoms with E-state index in [4.69, 9.17) is 17.5 Å². The van der Waals surface area contributed by atoms with Crippen molar-refractivity contribution in [1.82, 2.24) is 9.97 Å². The Morgan fingerprint density at radius 1 is 1.18 bits per heavy atom. The molecule has 1 aliphatic heterocycles. The van der Waals surface area contributed by atoms with Crippen molar-refractivity contribution in [2.24, 2.45) is 0 Å². The number of nitrogens with zero attached hydrogens (tertiary/aromatic N) is 5. The van der Waals surface area contributed by atoms with Gasteiger partial charge in [-0.05, 0) is 61.8 Å². The van der Waals surface area contributed by atoms with E-state index in [1.165, 1.54) is 53.7 Å². The Balaban J connectivity index is 1.56. The Morgan fingerprint density at radius 3 is 2.50 bits per heavy atom. The number of nitrogens with one attached hydrogen (secondary N) is 1. The molecule has 1 aromatic carbocycles. The molecule has 0 atom stereocenters. The lowest BCUT2D eigenvalue weighted by Gasteiger charge is -2.43. The van der Waals surface area contributed by atoms with Gasteiger partial charge in [0.05, 0.1) is 28.7 Å². The summed E-state index contributed by atoms with van der Waals surface area (Å²) in [4.78, 5) is 36.0. The number of alkyl halides is 3. The van der Waals surface area contributed by atoms with E-state index < -0.39 is 40.6 Å². The van der Waals surface area contributed by atoms with Gasteiger partial charge in [-0.1, -0.05) is 6.07 Å². The molecule has 2 amide bonds. The number of hydrogen-bond acceptors (Lipinski definition) is 6. The maximum atomic E-state index is 15.8. The number of rotatable bonds is 4. The molecule has 13 heteroatoms. The van der Waals surface area contributed by atoms with Crippen molar-refractivity contribution in [2.45, 2.75) is 31.0 Å². The van der Waals surface area contributed by atoms with Gasteiger partial charge in [-0.2, -0.15) is 18.4 Å². The molecule has 8 nitrogen and oxygen atoms in total. The van der Waals surface area contributed by atoms with Crippen LogP contribution in [0.15, 0.2) is 55.0 Å². The molecule has 38 heavy (non-hydrogen) atoms. The highest BCUT2D eigenvalue weighted by molar-refractivity contribution is 7.81. The fraction of sp³-hybridized carbons (Fsp3) is 0.200. The molecule has 1 saturated heterocycles. The van der Waals surface area contributed by atoms with Crippen LogP contribution in [0.1, 0.15) is 40.9 Å². The SMILES string of the molecule is N#Cc1ncc(N2C(=O)C3(CCC3)N(c3cccc(C(=O)Nc4ccncc4)c3F)C2=S)cc1C(F)(F)F. The summed E-state index contributed by atoms with van der Waals surface area (Å²) in [5.41, 5.74) is -3.90. The average molecular weight is 541 g/mol. The zero-order valence-electron chi connectivity index (χ0n) is 19.3. The number of anilines is 3. The molecule has 3 aromatic rings. The second-order valence-corrected chi connectivity index (χ2v) is 9.04. The van der Waals surface area contributed by atoms with Gasteiger partial charge in [-0.15, -0.1) is 0 Å². The molecule has 2 aliphatic rings. The smallest absolute Gasteiger partial charge is 0.322 e. The number of benzene rings is 1. The van der Waals surface area contributed by atoms with E-state index in [9.17, 15) is 22.8 Å². The van der Waals surface area contributed by atoms with Crippen LogP contribution in [0, 0.1) is 17.1 Å². The largest absolute Gasteiger partial charge is 0.419 e. The van der Waals surface area contributed by atoms with Gasteiger partial charge in [0.2, 0.25) is 0 Å². The lowest BCUT2D eigenvalue weighted by atomic mass is 9.75. The first-order chi connectivity index (χ1) is 18.1. The topological polar surface area (TPSA) is 102 Å².